The molecule has 96 valence electrons. The number of nitrogens with zero attached hydrogens (tertiary/aromatic N) is 1. The normalized spacial score (nSPS) is 26.4. The van der Waals surface area contributed by atoms with Crippen molar-refractivity contribution in [2.45, 2.75) is 37.0 Å². The molecule has 2 N–H and O–H groups in total. The third kappa shape index (κ3) is 2.68. The Hall–Kier alpha value is -0.910. The Morgan fingerprint density at radius 2 is 2.24 bits per heavy atom. The van der Waals surface area contributed by atoms with Gasteiger partial charge in [-0.1, -0.05) is 6.92 Å². The lowest BCUT2D eigenvalue weighted by Crippen LogP contribution is -2.52. The standard InChI is InChI=1S/C11H18N2O3S/c1-2-8-7-13(5-6-17-8)10(16)12-11(3-4-11)9(14)15/h8H,2-7H2,1H3,(H,12,16)(H,14,15). The highest BCUT2D eigenvalue weighted by Crippen LogP contribution is 2.35. The van der Waals surface area contributed by atoms with E-state index in [1.807, 2.05) is 11.8 Å². The number of carbonyl (C=O) groups excluding carboxylic acids is 1. The number of urea groups is 1. The average molecular weight is 258 g/mol. The zero-order valence-electron chi connectivity index (χ0n) is 9.94. The first-order valence-electron chi connectivity index (χ1n) is 5.99. The lowest BCUT2D eigenvalue weighted by molar-refractivity contribution is -0.140. The Bertz CT molecular complexity index is 331. The molecule has 0 aromatic heterocycles. The third-order valence-electron chi connectivity index (χ3n) is 3.39. The maximum Gasteiger partial charge on any atom is 0.329 e. The molecule has 1 saturated heterocycles. The van der Waals surface area contributed by atoms with Crippen LogP contribution >= 0.6 is 11.8 Å². The van der Waals surface area contributed by atoms with Crippen LogP contribution in [0.3, 0.4) is 0 Å². The van der Waals surface area contributed by atoms with Gasteiger partial charge in [0.2, 0.25) is 0 Å². The van der Waals surface area contributed by atoms with E-state index >= 15 is 0 Å². The second-order valence-electron chi connectivity index (χ2n) is 4.66. The highest BCUT2D eigenvalue weighted by Gasteiger charge is 2.52. The molecule has 0 spiro atoms. The van der Waals surface area contributed by atoms with Crippen LogP contribution in [0.4, 0.5) is 4.79 Å². The van der Waals surface area contributed by atoms with E-state index in [9.17, 15) is 9.59 Å². The molecule has 0 aromatic rings. The first-order chi connectivity index (χ1) is 8.07. The van der Waals surface area contributed by atoms with Gasteiger partial charge in [-0.25, -0.2) is 9.59 Å². The van der Waals surface area contributed by atoms with Crippen LogP contribution in [0.1, 0.15) is 26.2 Å². The van der Waals surface area contributed by atoms with Crippen LogP contribution in [-0.4, -0.2) is 51.6 Å². The number of nitrogens with one attached hydrogen (secondary N) is 1. The van der Waals surface area contributed by atoms with Gasteiger partial charge in [0, 0.05) is 24.1 Å². The van der Waals surface area contributed by atoms with Gasteiger partial charge in [-0.15, -0.1) is 0 Å². The van der Waals surface area contributed by atoms with Gasteiger partial charge in [-0.3, -0.25) is 0 Å². The highest BCUT2D eigenvalue weighted by atomic mass is 32.2. The van der Waals surface area contributed by atoms with Crippen molar-refractivity contribution in [3.05, 3.63) is 0 Å². The minimum Gasteiger partial charge on any atom is -0.480 e. The topological polar surface area (TPSA) is 69.6 Å². The van der Waals surface area contributed by atoms with Gasteiger partial charge < -0.3 is 15.3 Å². The zero-order valence-corrected chi connectivity index (χ0v) is 10.8. The molecular formula is C11H18N2O3S. The van der Waals surface area contributed by atoms with Gasteiger partial charge in [-0.2, -0.15) is 11.8 Å². The van der Waals surface area contributed by atoms with Crippen LogP contribution in [0.5, 0.6) is 0 Å². The van der Waals surface area contributed by atoms with Crippen molar-refractivity contribution in [3.8, 4) is 0 Å². The molecule has 5 nitrogen and oxygen atoms in total. The van der Waals surface area contributed by atoms with Gasteiger partial charge in [0.15, 0.2) is 0 Å². The fraction of sp³-hybridized carbons (Fsp3) is 0.818. The van der Waals surface area contributed by atoms with E-state index in [4.69, 9.17) is 5.11 Å². The number of rotatable bonds is 3. The Kier molecular flexibility index (Phi) is 3.51. The second-order valence-corrected chi connectivity index (χ2v) is 6.07. The molecule has 2 rings (SSSR count). The summed E-state index contributed by atoms with van der Waals surface area (Å²) in [6.45, 7) is 3.55. The van der Waals surface area contributed by atoms with E-state index in [1.54, 1.807) is 4.90 Å². The molecule has 2 amide bonds. The lowest BCUT2D eigenvalue weighted by atomic mass is 10.2. The number of thioether (sulfide) groups is 1. The smallest absolute Gasteiger partial charge is 0.329 e. The molecule has 0 radical (unpaired) electrons. The predicted molar refractivity (Wildman–Crippen MR) is 66.2 cm³/mol. The monoisotopic (exact) mass is 258 g/mol. The number of carboxylic acid groups (broad SMARTS) is 1. The molecule has 1 unspecified atom stereocenters. The van der Waals surface area contributed by atoms with Crippen molar-refractivity contribution in [3.63, 3.8) is 0 Å². The average Bonchev–Trinajstić information content (AvgIpc) is 3.10. The number of carboxylic acids is 1. The summed E-state index contributed by atoms with van der Waals surface area (Å²) in [6.07, 6.45) is 2.14. The Morgan fingerprint density at radius 3 is 2.76 bits per heavy atom. The second kappa shape index (κ2) is 4.76. The maximum atomic E-state index is 12.0. The molecule has 17 heavy (non-hydrogen) atoms. The third-order valence-corrected chi connectivity index (χ3v) is 4.76. The van der Waals surface area contributed by atoms with Gasteiger partial charge in [0.05, 0.1) is 0 Å². The fourth-order valence-electron chi connectivity index (χ4n) is 1.95. The Morgan fingerprint density at radius 1 is 1.53 bits per heavy atom. The fourth-order valence-corrected chi connectivity index (χ4v) is 3.13. The maximum absolute atomic E-state index is 12.0. The molecule has 2 fully saturated rings. The van der Waals surface area contributed by atoms with E-state index in [0.29, 0.717) is 24.6 Å². The van der Waals surface area contributed by atoms with Crippen LogP contribution in [0.2, 0.25) is 0 Å². The molecule has 6 heteroatoms. The predicted octanol–water partition coefficient (Wildman–Crippen LogP) is 1.14. The zero-order chi connectivity index (χ0) is 12.5. The summed E-state index contributed by atoms with van der Waals surface area (Å²) in [5, 5.41) is 12.2. The van der Waals surface area contributed by atoms with E-state index in [-0.39, 0.29) is 6.03 Å². The highest BCUT2D eigenvalue weighted by molar-refractivity contribution is 8.00. The number of hydrogen-bond acceptors (Lipinski definition) is 3. The summed E-state index contributed by atoms with van der Waals surface area (Å²) < 4.78 is 0. The molecular weight excluding hydrogens is 240 g/mol. The van der Waals surface area contributed by atoms with Crippen molar-refractivity contribution in [1.29, 1.82) is 0 Å². The quantitative estimate of drug-likeness (QED) is 0.796. The van der Waals surface area contributed by atoms with E-state index < -0.39 is 11.5 Å². The van der Waals surface area contributed by atoms with Crippen molar-refractivity contribution in [1.82, 2.24) is 10.2 Å². The first kappa shape index (κ1) is 12.5. The van der Waals surface area contributed by atoms with Crippen LogP contribution in [-0.2, 0) is 4.79 Å². The van der Waals surface area contributed by atoms with E-state index in [0.717, 1.165) is 18.7 Å². The summed E-state index contributed by atoms with van der Waals surface area (Å²) in [5.74, 6) is 0.0238. The minimum atomic E-state index is -0.969. The van der Waals surface area contributed by atoms with E-state index in [1.165, 1.54) is 0 Å². The van der Waals surface area contributed by atoms with Gasteiger partial charge in [0.25, 0.3) is 0 Å². The summed E-state index contributed by atoms with van der Waals surface area (Å²) in [6, 6.07) is -0.219. The summed E-state index contributed by atoms with van der Waals surface area (Å²) in [7, 11) is 0. The van der Waals surface area contributed by atoms with E-state index in [2.05, 4.69) is 12.2 Å². The molecule has 2 aliphatic rings. The molecule has 1 heterocycles. The molecule has 1 aliphatic carbocycles. The molecule has 1 aliphatic heterocycles. The number of hydrogen-bond donors (Lipinski definition) is 2. The Balaban J connectivity index is 1.89. The SMILES string of the molecule is CCC1CN(C(=O)NC2(C(=O)O)CC2)CCS1. The van der Waals surface area contributed by atoms with Gasteiger partial charge in [0.1, 0.15) is 5.54 Å². The van der Waals surface area contributed by atoms with Crippen LogP contribution in [0.15, 0.2) is 0 Å². The van der Waals surface area contributed by atoms with Crippen LogP contribution in [0.25, 0.3) is 0 Å². The number of carbonyl (C=O) groups is 2. The first-order valence-corrected chi connectivity index (χ1v) is 7.04. The summed E-state index contributed by atoms with van der Waals surface area (Å²) >= 11 is 1.89. The number of amides is 2. The van der Waals surface area contributed by atoms with Gasteiger partial charge >= 0.3 is 12.0 Å². The molecule has 0 aromatic carbocycles. The van der Waals surface area contributed by atoms with Crippen molar-refractivity contribution in [2.24, 2.45) is 0 Å². The van der Waals surface area contributed by atoms with Gasteiger partial charge in [-0.05, 0) is 19.3 Å². The molecule has 0 bridgehead atoms. The van der Waals surface area contributed by atoms with Crippen molar-refractivity contribution in [2.75, 3.05) is 18.8 Å². The number of aliphatic carboxylic acids is 1. The summed E-state index contributed by atoms with van der Waals surface area (Å²) in [4.78, 5) is 24.7. The van der Waals surface area contributed by atoms with Crippen molar-refractivity contribution >= 4 is 23.8 Å². The van der Waals surface area contributed by atoms with Crippen molar-refractivity contribution < 1.29 is 14.7 Å². The molecule has 1 saturated carbocycles. The Labute approximate surface area is 105 Å². The van der Waals surface area contributed by atoms with Crippen LogP contribution in [0, 0.1) is 0 Å². The largest absolute Gasteiger partial charge is 0.480 e. The lowest BCUT2D eigenvalue weighted by Gasteiger charge is -2.32. The minimum absolute atomic E-state index is 0.219. The molecule has 1 atom stereocenters. The van der Waals surface area contributed by atoms with Crippen LogP contribution < -0.4 is 5.32 Å². The summed E-state index contributed by atoms with van der Waals surface area (Å²) in [5.41, 5.74) is -0.969.